The summed E-state index contributed by atoms with van der Waals surface area (Å²) in [6.07, 6.45) is -4.33. The molecule has 0 saturated carbocycles. The van der Waals surface area contributed by atoms with Crippen LogP contribution in [0.2, 0.25) is 0 Å². The average Bonchev–Trinajstić information content (AvgIpc) is 2.95. The molecule has 2 nitrogen and oxygen atoms in total. The second kappa shape index (κ2) is 6.41. The van der Waals surface area contributed by atoms with E-state index in [2.05, 4.69) is 25.3 Å². The highest BCUT2D eigenvalue weighted by atomic mass is 79.9. The lowest BCUT2D eigenvalue weighted by Gasteiger charge is -2.05. The summed E-state index contributed by atoms with van der Waals surface area (Å²) in [5.74, 6) is 0. The van der Waals surface area contributed by atoms with Crippen LogP contribution in [0.5, 0.6) is 0 Å². The largest absolute Gasteiger partial charge is 0.416 e. The second-order valence-corrected chi connectivity index (χ2v) is 6.88. The highest BCUT2D eigenvalue weighted by Gasteiger charge is 2.29. The SMILES string of the molecule is FC(F)(F)c1ccc(N=S2C=NC(c3ccccc3Br)=C2)cc1. The van der Waals surface area contributed by atoms with Gasteiger partial charge in [-0.2, -0.15) is 13.2 Å². The molecule has 0 fully saturated rings. The van der Waals surface area contributed by atoms with Crippen LogP contribution in [0.3, 0.4) is 0 Å². The molecule has 1 unspecified atom stereocenters. The van der Waals surface area contributed by atoms with E-state index in [4.69, 9.17) is 0 Å². The Balaban J connectivity index is 1.85. The van der Waals surface area contributed by atoms with E-state index >= 15 is 0 Å². The first-order valence-corrected chi connectivity index (χ1v) is 8.65. The predicted molar refractivity (Wildman–Crippen MR) is 91.5 cm³/mol. The lowest BCUT2D eigenvalue weighted by atomic mass is 10.2. The Labute approximate surface area is 142 Å². The Morgan fingerprint density at radius 1 is 1.00 bits per heavy atom. The molecule has 0 spiro atoms. The summed E-state index contributed by atoms with van der Waals surface area (Å²) in [5, 5.41) is 1.90. The smallest absolute Gasteiger partial charge is 0.247 e. The number of halogens is 4. The number of benzene rings is 2. The van der Waals surface area contributed by atoms with Crippen molar-refractivity contribution in [3.05, 3.63) is 69.5 Å². The van der Waals surface area contributed by atoms with Gasteiger partial charge in [-0.1, -0.05) is 34.1 Å². The molecule has 0 amide bonds. The van der Waals surface area contributed by atoms with E-state index in [0.717, 1.165) is 27.9 Å². The van der Waals surface area contributed by atoms with Gasteiger partial charge in [0.25, 0.3) is 0 Å². The normalized spacial score (nSPS) is 17.6. The van der Waals surface area contributed by atoms with Crippen molar-refractivity contribution in [3.8, 4) is 0 Å². The number of nitrogens with zero attached hydrogens (tertiary/aromatic N) is 2. The van der Waals surface area contributed by atoms with Gasteiger partial charge in [-0.15, -0.1) is 0 Å². The molecule has 1 aliphatic heterocycles. The minimum Gasteiger partial charge on any atom is -0.247 e. The molecule has 0 radical (unpaired) electrons. The van der Waals surface area contributed by atoms with E-state index in [1.54, 1.807) is 5.55 Å². The monoisotopic (exact) mass is 398 g/mol. The van der Waals surface area contributed by atoms with Gasteiger partial charge in [-0.3, -0.25) is 0 Å². The van der Waals surface area contributed by atoms with Crippen molar-refractivity contribution in [2.24, 2.45) is 9.36 Å². The first-order valence-electron chi connectivity index (χ1n) is 6.55. The molecule has 0 N–H and O–H groups in total. The zero-order valence-electron chi connectivity index (χ0n) is 11.6. The highest BCUT2D eigenvalue weighted by Crippen LogP contribution is 2.31. The minimum absolute atomic E-state index is 0.498. The summed E-state index contributed by atoms with van der Waals surface area (Å²) in [4.78, 5) is 4.35. The van der Waals surface area contributed by atoms with Gasteiger partial charge in [0, 0.05) is 15.4 Å². The topological polar surface area (TPSA) is 24.7 Å². The molecule has 1 aliphatic rings. The Morgan fingerprint density at radius 3 is 2.35 bits per heavy atom. The molecule has 23 heavy (non-hydrogen) atoms. The van der Waals surface area contributed by atoms with Crippen LogP contribution in [-0.4, -0.2) is 5.55 Å². The first kappa shape index (κ1) is 16.1. The van der Waals surface area contributed by atoms with Gasteiger partial charge >= 0.3 is 6.18 Å². The Hall–Kier alpha value is -1.73. The van der Waals surface area contributed by atoms with E-state index in [1.807, 2.05) is 29.7 Å². The van der Waals surface area contributed by atoms with E-state index in [9.17, 15) is 13.2 Å². The number of rotatable bonds is 2. The summed E-state index contributed by atoms with van der Waals surface area (Å²) in [5.41, 5.74) is 3.28. The quantitative estimate of drug-likeness (QED) is 0.597. The standard InChI is InChI=1S/C16H10BrF3N2S/c17-14-4-2-1-3-13(14)15-9-23(10-21-15)22-12-7-5-11(6-8-12)16(18,19)20/h1-10H. The van der Waals surface area contributed by atoms with Crippen molar-refractivity contribution in [2.75, 3.05) is 0 Å². The Bertz CT molecular complexity index is 824. The van der Waals surface area contributed by atoms with Crippen LogP contribution in [-0.2, 0) is 16.9 Å². The number of aliphatic imine (C=N–C) groups is 1. The molecule has 7 heteroatoms. The molecule has 1 atom stereocenters. The number of hydrogen-bond donors (Lipinski definition) is 0. The number of hydrogen-bond acceptors (Lipinski definition) is 2. The molecule has 1 heterocycles. The molecule has 0 aliphatic carbocycles. The predicted octanol–water partition coefficient (Wildman–Crippen LogP) is 5.94. The molecular weight excluding hydrogens is 389 g/mol. The third kappa shape index (κ3) is 3.79. The molecular formula is C16H10BrF3N2S. The van der Waals surface area contributed by atoms with Crippen LogP contribution >= 0.6 is 15.9 Å². The van der Waals surface area contributed by atoms with Crippen molar-refractivity contribution < 1.29 is 13.2 Å². The van der Waals surface area contributed by atoms with E-state index in [-0.39, 0.29) is 0 Å². The third-order valence-electron chi connectivity index (χ3n) is 3.09. The molecule has 0 saturated heterocycles. The molecule has 0 bridgehead atoms. The fourth-order valence-corrected chi connectivity index (χ4v) is 3.62. The van der Waals surface area contributed by atoms with Gasteiger partial charge in [0.1, 0.15) is 0 Å². The van der Waals surface area contributed by atoms with Gasteiger partial charge < -0.3 is 0 Å². The van der Waals surface area contributed by atoms with Crippen LogP contribution in [0.15, 0.2) is 67.8 Å². The minimum atomic E-state index is -4.33. The van der Waals surface area contributed by atoms with Gasteiger partial charge in [-0.05, 0) is 41.0 Å². The molecule has 2 aromatic carbocycles. The fraction of sp³-hybridized carbons (Fsp3) is 0.0625. The van der Waals surface area contributed by atoms with E-state index in [1.165, 1.54) is 12.1 Å². The van der Waals surface area contributed by atoms with Crippen molar-refractivity contribution in [1.82, 2.24) is 0 Å². The van der Waals surface area contributed by atoms with E-state index in [0.29, 0.717) is 5.69 Å². The third-order valence-corrected chi connectivity index (χ3v) is 4.99. The van der Waals surface area contributed by atoms with E-state index < -0.39 is 22.4 Å². The molecule has 2 aromatic rings. The van der Waals surface area contributed by atoms with Crippen molar-refractivity contribution in [3.63, 3.8) is 0 Å². The molecule has 3 rings (SSSR count). The van der Waals surface area contributed by atoms with Gasteiger partial charge in [-0.25, -0.2) is 9.36 Å². The van der Waals surface area contributed by atoms with Crippen molar-refractivity contribution >= 4 is 43.6 Å². The van der Waals surface area contributed by atoms with Gasteiger partial charge in [0.15, 0.2) is 0 Å². The Kier molecular flexibility index (Phi) is 4.50. The average molecular weight is 399 g/mol. The Morgan fingerprint density at radius 2 is 1.70 bits per heavy atom. The maximum Gasteiger partial charge on any atom is 0.416 e. The summed E-state index contributed by atoms with van der Waals surface area (Å²) < 4.78 is 43.0. The summed E-state index contributed by atoms with van der Waals surface area (Å²) in [6, 6.07) is 12.5. The van der Waals surface area contributed by atoms with Crippen LogP contribution in [0.25, 0.3) is 5.70 Å². The zero-order valence-corrected chi connectivity index (χ0v) is 14.0. The first-order chi connectivity index (χ1) is 10.9. The van der Waals surface area contributed by atoms with Crippen molar-refractivity contribution in [2.45, 2.75) is 6.18 Å². The molecule has 118 valence electrons. The highest BCUT2D eigenvalue weighted by molar-refractivity contribution is 9.10. The second-order valence-electron chi connectivity index (χ2n) is 4.70. The van der Waals surface area contributed by atoms with Gasteiger partial charge in [0.05, 0.1) is 22.5 Å². The summed E-state index contributed by atoms with van der Waals surface area (Å²) in [6.45, 7) is 0. The lowest BCUT2D eigenvalue weighted by Crippen LogP contribution is -2.03. The van der Waals surface area contributed by atoms with Crippen LogP contribution in [0, 0.1) is 0 Å². The maximum absolute atomic E-state index is 12.5. The number of alkyl halides is 3. The van der Waals surface area contributed by atoms with Crippen LogP contribution < -0.4 is 0 Å². The summed E-state index contributed by atoms with van der Waals surface area (Å²) in [7, 11) is -0.576. The van der Waals surface area contributed by atoms with Crippen LogP contribution in [0.4, 0.5) is 18.9 Å². The fourth-order valence-electron chi connectivity index (χ4n) is 1.97. The summed E-state index contributed by atoms with van der Waals surface area (Å²) >= 11 is 3.47. The van der Waals surface area contributed by atoms with Crippen molar-refractivity contribution in [1.29, 1.82) is 0 Å². The van der Waals surface area contributed by atoms with Crippen LogP contribution in [0.1, 0.15) is 11.1 Å². The maximum atomic E-state index is 12.5. The zero-order chi connectivity index (χ0) is 16.4. The van der Waals surface area contributed by atoms with Gasteiger partial charge in [0.2, 0.25) is 0 Å². The lowest BCUT2D eigenvalue weighted by molar-refractivity contribution is -0.137. The molecule has 0 aromatic heterocycles.